The molecule has 0 atom stereocenters. The van der Waals surface area contributed by atoms with E-state index < -0.39 is 19.7 Å². The Kier molecular flexibility index (Phi) is 10.0. The number of phenolic OH excluding ortho intramolecular Hbond substituents is 1. The second-order valence-corrected chi connectivity index (χ2v) is 9.00. The van der Waals surface area contributed by atoms with E-state index in [2.05, 4.69) is 0 Å². The molecule has 0 aliphatic heterocycles. The molecular weight excluding hydrogens is 449 g/mol. The standard InChI is InChI=1S/C23H32NO8P/c1-6-31-33(27,32-7-2)16-23(26)24(19-15-18(28-3)9-10-20(19)25)13-12-17-8-11-21(29-4)22(14-17)30-5/h8-11,14-15,25H,6-7,12-13,16H2,1-5H3. The van der Waals surface area contributed by atoms with Crippen molar-refractivity contribution in [2.24, 2.45) is 0 Å². The lowest BCUT2D eigenvalue weighted by Gasteiger charge is -2.26. The topological polar surface area (TPSA) is 104 Å². The Morgan fingerprint density at radius 3 is 2.18 bits per heavy atom. The number of hydrogen-bond acceptors (Lipinski definition) is 8. The maximum absolute atomic E-state index is 13.3. The van der Waals surface area contributed by atoms with Gasteiger partial charge in [-0.05, 0) is 50.1 Å². The van der Waals surface area contributed by atoms with E-state index in [1.54, 1.807) is 46.3 Å². The predicted octanol–water partition coefficient (Wildman–Crippen LogP) is 4.26. The van der Waals surface area contributed by atoms with Gasteiger partial charge in [-0.25, -0.2) is 0 Å². The first-order chi connectivity index (χ1) is 15.8. The third-order valence-corrected chi connectivity index (χ3v) is 6.79. The normalized spacial score (nSPS) is 11.2. The average Bonchev–Trinajstić information content (AvgIpc) is 2.80. The van der Waals surface area contributed by atoms with Gasteiger partial charge in [0.1, 0.15) is 17.7 Å². The van der Waals surface area contributed by atoms with Crippen LogP contribution in [0.15, 0.2) is 36.4 Å². The van der Waals surface area contributed by atoms with Crippen molar-refractivity contribution in [3.05, 3.63) is 42.0 Å². The quantitative estimate of drug-likeness (QED) is 0.423. The number of carbonyl (C=O) groups excluding carboxylic acids is 1. The van der Waals surface area contributed by atoms with Gasteiger partial charge in [0.05, 0.1) is 40.2 Å². The van der Waals surface area contributed by atoms with Crippen LogP contribution < -0.4 is 19.1 Å². The van der Waals surface area contributed by atoms with Crippen molar-refractivity contribution in [1.82, 2.24) is 0 Å². The van der Waals surface area contributed by atoms with Crippen molar-refractivity contribution >= 4 is 19.2 Å². The molecule has 0 aromatic heterocycles. The molecule has 2 rings (SSSR count). The van der Waals surface area contributed by atoms with Gasteiger partial charge in [-0.3, -0.25) is 9.36 Å². The fraction of sp³-hybridized carbons (Fsp3) is 0.435. The van der Waals surface area contributed by atoms with E-state index in [0.717, 1.165) is 5.56 Å². The van der Waals surface area contributed by atoms with Crippen LogP contribution in [0.2, 0.25) is 0 Å². The second-order valence-electron chi connectivity index (χ2n) is 6.94. The van der Waals surface area contributed by atoms with Gasteiger partial charge in [0.2, 0.25) is 5.91 Å². The molecule has 0 unspecified atom stereocenters. The summed E-state index contributed by atoms with van der Waals surface area (Å²) >= 11 is 0. The number of anilines is 1. The predicted molar refractivity (Wildman–Crippen MR) is 126 cm³/mol. The van der Waals surface area contributed by atoms with E-state index in [1.165, 1.54) is 18.1 Å². The SMILES string of the molecule is CCOP(=O)(CC(=O)N(CCc1ccc(OC)c(OC)c1)c1cc(OC)ccc1O)OCC. The van der Waals surface area contributed by atoms with E-state index in [4.69, 9.17) is 23.3 Å². The smallest absolute Gasteiger partial charge is 0.340 e. The molecule has 0 bridgehead atoms. The molecule has 2 aromatic rings. The molecule has 10 heteroatoms. The van der Waals surface area contributed by atoms with Crippen LogP contribution in [0.4, 0.5) is 5.69 Å². The molecule has 0 fully saturated rings. The summed E-state index contributed by atoms with van der Waals surface area (Å²) in [6.45, 7) is 3.83. The summed E-state index contributed by atoms with van der Waals surface area (Å²) in [6, 6.07) is 10.0. The molecule has 182 valence electrons. The van der Waals surface area contributed by atoms with E-state index in [-0.39, 0.29) is 31.2 Å². The summed E-state index contributed by atoms with van der Waals surface area (Å²) in [5, 5.41) is 10.5. The highest BCUT2D eigenvalue weighted by Gasteiger charge is 2.32. The van der Waals surface area contributed by atoms with E-state index in [0.29, 0.717) is 23.7 Å². The Hall–Kier alpha value is -2.74. The summed E-state index contributed by atoms with van der Waals surface area (Å²) in [5.41, 5.74) is 1.12. The zero-order valence-corrected chi connectivity index (χ0v) is 20.6. The Morgan fingerprint density at radius 2 is 1.61 bits per heavy atom. The lowest BCUT2D eigenvalue weighted by atomic mass is 10.1. The van der Waals surface area contributed by atoms with Crippen LogP contribution in [-0.4, -0.2) is 58.3 Å². The van der Waals surface area contributed by atoms with Crippen molar-refractivity contribution in [2.45, 2.75) is 20.3 Å². The van der Waals surface area contributed by atoms with E-state index >= 15 is 0 Å². The van der Waals surface area contributed by atoms with Crippen LogP contribution in [0.3, 0.4) is 0 Å². The minimum absolute atomic E-state index is 0.112. The fourth-order valence-corrected chi connectivity index (χ4v) is 4.82. The number of ether oxygens (including phenoxy) is 3. The first-order valence-corrected chi connectivity index (χ1v) is 12.3. The molecule has 33 heavy (non-hydrogen) atoms. The molecule has 0 spiro atoms. The Bertz CT molecular complexity index is 971. The number of rotatable bonds is 13. The molecule has 0 heterocycles. The van der Waals surface area contributed by atoms with Gasteiger partial charge in [-0.2, -0.15) is 0 Å². The zero-order valence-electron chi connectivity index (χ0n) is 19.7. The first kappa shape index (κ1) is 26.5. The van der Waals surface area contributed by atoms with Crippen LogP contribution in [-0.2, 0) is 24.8 Å². The minimum atomic E-state index is -3.64. The molecule has 2 aromatic carbocycles. The van der Waals surface area contributed by atoms with E-state index in [1.807, 2.05) is 12.1 Å². The van der Waals surface area contributed by atoms with Crippen LogP contribution >= 0.6 is 7.60 Å². The Balaban J connectivity index is 2.37. The lowest BCUT2D eigenvalue weighted by molar-refractivity contribution is -0.116. The summed E-state index contributed by atoms with van der Waals surface area (Å²) in [7, 11) is 0.948. The number of carbonyl (C=O) groups is 1. The van der Waals surface area contributed by atoms with Crippen molar-refractivity contribution in [3.63, 3.8) is 0 Å². The zero-order chi connectivity index (χ0) is 24.4. The molecule has 0 saturated heterocycles. The highest BCUT2D eigenvalue weighted by atomic mass is 31.2. The number of nitrogens with zero attached hydrogens (tertiary/aromatic N) is 1. The van der Waals surface area contributed by atoms with Crippen LogP contribution in [0, 0.1) is 0 Å². The van der Waals surface area contributed by atoms with Gasteiger partial charge in [0, 0.05) is 12.6 Å². The summed E-state index contributed by atoms with van der Waals surface area (Å²) in [4.78, 5) is 14.7. The highest BCUT2D eigenvalue weighted by molar-refractivity contribution is 7.54. The molecule has 1 amide bonds. The summed E-state index contributed by atoms with van der Waals surface area (Å²) in [6.07, 6.45) is -0.0341. The number of benzene rings is 2. The second kappa shape index (κ2) is 12.5. The Morgan fingerprint density at radius 1 is 0.939 bits per heavy atom. The van der Waals surface area contributed by atoms with Crippen LogP contribution in [0.1, 0.15) is 19.4 Å². The molecule has 9 nitrogen and oxygen atoms in total. The van der Waals surface area contributed by atoms with Gasteiger partial charge in [0.15, 0.2) is 11.5 Å². The molecule has 0 aliphatic carbocycles. The van der Waals surface area contributed by atoms with Crippen molar-refractivity contribution < 1.29 is 37.7 Å². The number of hydrogen-bond donors (Lipinski definition) is 1. The summed E-state index contributed by atoms with van der Waals surface area (Å²) < 4.78 is 39.4. The van der Waals surface area contributed by atoms with Crippen molar-refractivity contribution in [2.75, 3.05) is 52.1 Å². The van der Waals surface area contributed by atoms with Crippen LogP contribution in [0.25, 0.3) is 0 Å². The molecule has 1 N–H and O–H groups in total. The number of methoxy groups -OCH3 is 3. The fourth-order valence-electron chi connectivity index (χ4n) is 3.28. The van der Waals surface area contributed by atoms with Crippen molar-refractivity contribution in [1.29, 1.82) is 0 Å². The maximum Gasteiger partial charge on any atom is 0.340 e. The average molecular weight is 481 g/mol. The molecule has 0 aliphatic rings. The van der Waals surface area contributed by atoms with Gasteiger partial charge < -0.3 is 33.3 Å². The van der Waals surface area contributed by atoms with Crippen molar-refractivity contribution in [3.8, 4) is 23.0 Å². The monoisotopic (exact) mass is 481 g/mol. The largest absolute Gasteiger partial charge is 0.506 e. The van der Waals surface area contributed by atoms with Gasteiger partial charge >= 0.3 is 7.60 Å². The highest BCUT2D eigenvalue weighted by Crippen LogP contribution is 2.48. The third kappa shape index (κ3) is 7.12. The van der Waals surface area contributed by atoms with Gasteiger partial charge in [-0.1, -0.05) is 6.07 Å². The third-order valence-electron chi connectivity index (χ3n) is 4.83. The molecular formula is C23H32NO8P. The Labute approximate surface area is 194 Å². The van der Waals surface area contributed by atoms with Gasteiger partial charge in [-0.15, -0.1) is 0 Å². The number of amides is 1. The number of phenols is 1. The molecule has 0 radical (unpaired) electrons. The van der Waals surface area contributed by atoms with Crippen LogP contribution in [0.5, 0.6) is 23.0 Å². The lowest BCUT2D eigenvalue weighted by Crippen LogP contribution is -2.35. The molecule has 0 saturated carbocycles. The number of aromatic hydroxyl groups is 1. The van der Waals surface area contributed by atoms with Gasteiger partial charge in [0.25, 0.3) is 0 Å². The summed E-state index contributed by atoms with van der Waals surface area (Å²) in [5.74, 6) is 0.996. The minimum Gasteiger partial charge on any atom is -0.506 e. The first-order valence-electron chi connectivity index (χ1n) is 10.6. The maximum atomic E-state index is 13.3. The van der Waals surface area contributed by atoms with E-state index in [9.17, 15) is 14.5 Å².